The van der Waals surface area contributed by atoms with Gasteiger partial charge in [-0.15, -0.1) is 0 Å². The standard InChI is InChI=1S/C41H80NO8P/c1-3-5-7-9-11-13-15-16-17-18-19-20-21-22-24-25-27-29-31-33-40(43)47-37-39(38-49-51(45,46)48-36-35-42)50-41(44)34-32-30-28-26-23-14-12-10-8-6-4-2/h10,12,39H,3-9,11,13-38,42H2,1-2H3,(H,45,46)/t39-/m1/s1. The molecule has 0 bridgehead atoms. The maximum Gasteiger partial charge on any atom is 0.472 e. The summed E-state index contributed by atoms with van der Waals surface area (Å²) >= 11 is 0. The summed E-state index contributed by atoms with van der Waals surface area (Å²) in [7, 11) is -4.37. The van der Waals surface area contributed by atoms with Gasteiger partial charge in [0.15, 0.2) is 6.10 Å². The Balaban J connectivity index is 4.07. The molecule has 0 saturated heterocycles. The molecule has 2 atom stereocenters. The lowest BCUT2D eigenvalue weighted by molar-refractivity contribution is -0.161. The molecule has 1 unspecified atom stereocenters. The quantitative estimate of drug-likeness (QED) is 0.0272. The van der Waals surface area contributed by atoms with E-state index in [0.29, 0.717) is 6.42 Å². The van der Waals surface area contributed by atoms with Crippen molar-refractivity contribution in [2.24, 2.45) is 5.73 Å². The summed E-state index contributed by atoms with van der Waals surface area (Å²) in [6.45, 7) is 3.70. The zero-order chi connectivity index (χ0) is 37.5. The lowest BCUT2D eigenvalue weighted by atomic mass is 10.0. The van der Waals surface area contributed by atoms with Gasteiger partial charge >= 0.3 is 19.8 Å². The Labute approximate surface area is 313 Å². The first-order valence-corrected chi connectivity index (χ1v) is 22.7. The number of unbranched alkanes of at least 4 members (excludes halogenated alkanes) is 25. The summed E-state index contributed by atoms with van der Waals surface area (Å²) in [5.41, 5.74) is 5.34. The van der Waals surface area contributed by atoms with Crippen LogP contribution in [0.2, 0.25) is 0 Å². The van der Waals surface area contributed by atoms with Gasteiger partial charge in [-0.2, -0.15) is 0 Å². The SMILES string of the molecule is CCCCC=CCCCCCCCC(=O)O[C@H](COC(=O)CCCCCCCCCCCCCCCCCCCCC)COP(=O)(O)OCCN. The number of allylic oxidation sites excluding steroid dienone is 2. The zero-order valence-corrected chi connectivity index (χ0v) is 34.0. The van der Waals surface area contributed by atoms with Crippen molar-refractivity contribution in [3.63, 3.8) is 0 Å². The fourth-order valence-electron chi connectivity index (χ4n) is 5.97. The highest BCUT2D eigenvalue weighted by Crippen LogP contribution is 2.43. The molecular formula is C41H80NO8P. The lowest BCUT2D eigenvalue weighted by Gasteiger charge is -2.19. The van der Waals surface area contributed by atoms with Gasteiger partial charge in [-0.25, -0.2) is 4.57 Å². The first-order valence-electron chi connectivity index (χ1n) is 21.2. The number of ether oxygens (including phenoxy) is 2. The van der Waals surface area contributed by atoms with Crippen LogP contribution in [0.25, 0.3) is 0 Å². The molecule has 0 heterocycles. The summed E-state index contributed by atoms with van der Waals surface area (Å²) in [6, 6.07) is 0. The van der Waals surface area contributed by atoms with Crippen LogP contribution < -0.4 is 5.73 Å². The van der Waals surface area contributed by atoms with Gasteiger partial charge in [-0.05, 0) is 32.1 Å². The fourth-order valence-corrected chi connectivity index (χ4v) is 6.73. The van der Waals surface area contributed by atoms with Gasteiger partial charge in [0.1, 0.15) is 6.61 Å². The number of nitrogens with two attached hydrogens (primary N) is 1. The van der Waals surface area contributed by atoms with E-state index in [2.05, 4.69) is 26.0 Å². The smallest absolute Gasteiger partial charge is 0.462 e. The van der Waals surface area contributed by atoms with Crippen LogP contribution in [0.1, 0.15) is 206 Å². The van der Waals surface area contributed by atoms with Crippen LogP contribution in [0.3, 0.4) is 0 Å². The van der Waals surface area contributed by atoms with E-state index < -0.39 is 26.5 Å². The lowest BCUT2D eigenvalue weighted by Crippen LogP contribution is -2.29. The molecule has 9 nitrogen and oxygen atoms in total. The van der Waals surface area contributed by atoms with Gasteiger partial charge in [0.25, 0.3) is 0 Å². The largest absolute Gasteiger partial charge is 0.472 e. The Morgan fingerprint density at radius 3 is 1.45 bits per heavy atom. The van der Waals surface area contributed by atoms with Crippen LogP contribution in [-0.2, 0) is 32.7 Å². The summed E-state index contributed by atoms with van der Waals surface area (Å²) in [5, 5.41) is 0. The van der Waals surface area contributed by atoms with Crippen molar-refractivity contribution in [2.75, 3.05) is 26.4 Å². The molecule has 0 rings (SSSR count). The Morgan fingerprint density at radius 2 is 0.980 bits per heavy atom. The van der Waals surface area contributed by atoms with E-state index in [1.165, 1.54) is 116 Å². The van der Waals surface area contributed by atoms with Gasteiger partial charge in [0.2, 0.25) is 0 Å². The van der Waals surface area contributed by atoms with Crippen molar-refractivity contribution in [3.05, 3.63) is 12.2 Å². The average molecular weight is 746 g/mol. The maximum absolute atomic E-state index is 12.5. The average Bonchev–Trinajstić information content (AvgIpc) is 3.11. The molecule has 0 saturated carbocycles. The third-order valence-corrected chi connectivity index (χ3v) is 10.1. The second-order valence-electron chi connectivity index (χ2n) is 14.2. The minimum atomic E-state index is -4.37. The van der Waals surface area contributed by atoms with Gasteiger partial charge in [-0.1, -0.05) is 174 Å². The molecule has 0 radical (unpaired) electrons. The molecular weight excluding hydrogens is 665 g/mol. The van der Waals surface area contributed by atoms with Crippen LogP contribution in [0.15, 0.2) is 12.2 Å². The minimum absolute atomic E-state index is 0.0546. The van der Waals surface area contributed by atoms with Crippen molar-refractivity contribution in [3.8, 4) is 0 Å². The molecule has 0 aliphatic heterocycles. The monoisotopic (exact) mass is 746 g/mol. The third-order valence-electron chi connectivity index (χ3n) is 9.15. The number of phosphoric ester groups is 1. The van der Waals surface area contributed by atoms with E-state index in [0.717, 1.165) is 57.8 Å². The Bertz CT molecular complexity index is 856. The number of rotatable bonds is 40. The number of carbonyl (C=O) groups is 2. The fraction of sp³-hybridized carbons (Fsp3) is 0.902. The summed E-state index contributed by atoms with van der Waals surface area (Å²) in [5.74, 6) is -0.831. The molecule has 0 aliphatic carbocycles. The summed E-state index contributed by atoms with van der Waals surface area (Å²) < 4.78 is 32.7. The third kappa shape index (κ3) is 38.3. The number of carbonyl (C=O) groups excluding carboxylic acids is 2. The van der Waals surface area contributed by atoms with E-state index in [-0.39, 0.29) is 38.6 Å². The molecule has 0 aliphatic rings. The van der Waals surface area contributed by atoms with Gasteiger partial charge in [0, 0.05) is 19.4 Å². The number of esters is 2. The highest BCUT2D eigenvalue weighted by molar-refractivity contribution is 7.47. The maximum atomic E-state index is 12.5. The molecule has 302 valence electrons. The van der Waals surface area contributed by atoms with Crippen LogP contribution >= 0.6 is 7.82 Å². The molecule has 0 aromatic carbocycles. The highest BCUT2D eigenvalue weighted by atomic mass is 31.2. The molecule has 0 fully saturated rings. The van der Waals surface area contributed by atoms with Crippen LogP contribution in [0, 0.1) is 0 Å². The molecule has 0 aromatic rings. The molecule has 0 amide bonds. The van der Waals surface area contributed by atoms with Crippen LogP contribution in [0.4, 0.5) is 0 Å². The van der Waals surface area contributed by atoms with Crippen molar-refractivity contribution in [1.82, 2.24) is 0 Å². The zero-order valence-electron chi connectivity index (χ0n) is 33.1. The highest BCUT2D eigenvalue weighted by Gasteiger charge is 2.26. The van der Waals surface area contributed by atoms with E-state index in [1.54, 1.807) is 0 Å². The van der Waals surface area contributed by atoms with E-state index >= 15 is 0 Å². The van der Waals surface area contributed by atoms with Gasteiger partial charge < -0.3 is 20.1 Å². The number of phosphoric acid groups is 1. The molecule has 0 aromatic heterocycles. The van der Waals surface area contributed by atoms with Crippen molar-refractivity contribution in [1.29, 1.82) is 0 Å². The van der Waals surface area contributed by atoms with Gasteiger partial charge in [0.05, 0.1) is 13.2 Å². The first-order chi connectivity index (χ1) is 24.8. The van der Waals surface area contributed by atoms with Crippen molar-refractivity contribution >= 4 is 19.8 Å². The molecule has 3 N–H and O–H groups in total. The summed E-state index contributed by atoms with van der Waals surface area (Å²) in [4.78, 5) is 34.8. The topological polar surface area (TPSA) is 134 Å². The number of hydrogen-bond donors (Lipinski definition) is 2. The van der Waals surface area contributed by atoms with Crippen LogP contribution in [-0.4, -0.2) is 49.3 Å². The normalized spacial score (nSPS) is 13.4. The number of hydrogen-bond acceptors (Lipinski definition) is 8. The summed E-state index contributed by atoms with van der Waals surface area (Å²) in [6.07, 6.45) is 38.2. The molecule has 10 heteroatoms. The molecule has 0 spiro atoms. The Kier molecular flexibility index (Phi) is 37.5. The van der Waals surface area contributed by atoms with Crippen molar-refractivity contribution in [2.45, 2.75) is 213 Å². The van der Waals surface area contributed by atoms with Gasteiger partial charge in [-0.3, -0.25) is 18.6 Å². The van der Waals surface area contributed by atoms with E-state index in [9.17, 15) is 19.0 Å². The Morgan fingerprint density at radius 1 is 0.569 bits per heavy atom. The predicted molar refractivity (Wildman–Crippen MR) is 211 cm³/mol. The Hall–Kier alpha value is -1.25. The second-order valence-corrected chi connectivity index (χ2v) is 15.7. The first kappa shape index (κ1) is 49.8. The van der Waals surface area contributed by atoms with Crippen molar-refractivity contribution < 1.29 is 37.6 Å². The minimum Gasteiger partial charge on any atom is -0.462 e. The second kappa shape index (κ2) is 38.5. The van der Waals surface area contributed by atoms with Crippen LogP contribution in [0.5, 0.6) is 0 Å². The predicted octanol–water partition coefficient (Wildman–Crippen LogP) is 11.8. The van der Waals surface area contributed by atoms with E-state index in [1.807, 2.05) is 0 Å². The van der Waals surface area contributed by atoms with E-state index in [4.69, 9.17) is 24.3 Å². The molecule has 51 heavy (non-hydrogen) atoms.